The molecule has 2 aromatic rings. The quantitative estimate of drug-likeness (QED) is 0.462. The van der Waals surface area contributed by atoms with Gasteiger partial charge in [-0.05, 0) is 37.3 Å². The Kier molecular flexibility index (Phi) is 7.17. The fourth-order valence-corrected chi connectivity index (χ4v) is 2.83. The third-order valence-electron chi connectivity index (χ3n) is 3.74. The van der Waals surface area contributed by atoms with E-state index in [2.05, 4.69) is 10.3 Å². The first-order chi connectivity index (χ1) is 12.1. The molecule has 0 bridgehead atoms. The Morgan fingerprint density at radius 3 is 2.72 bits per heavy atom. The first-order valence-corrected chi connectivity index (χ1v) is 8.39. The maximum absolute atomic E-state index is 11.9. The molecule has 0 fully saturated rings. The molecule has 0 amide bonds. The first-order valence-electron chi connectivity index (χ1n) is 7.99. The first kappa shape index (κ1) is 19.2. The van der Waals surface area contributed by atoms with Gasteiger partial charge in [-0.25, -0.2) is 0 Å². The van der Waals surface area contributed by atoms with Gasteiger partial charge in [0.25, 0.3) is 5.56 Å². The van der Waals surface area contributed by atoms with Crippen LogP contribution in [0.15, 0.2) is 29.1 Å². The number of H-pyrrole nitrogens is 1. The van der Waals surface area contributed by atoms with Crippen LogP contribution in [-0.4, -0.2) is 48.6 Å². The van der Waals surface area contributed by atoms with Crippen LogP contribution >= 0.6 is 12.2 Å². The molecule has 3 N–H and O–H groups in total. The topological polar surface area (TPSA) is 88.5 Å². The number of aromatic nitrogens is 2. The Bertz CT molecular complexity index is 816. The molecule has 0 saturated carbocycles. The van der Waals surface area contributed by atoms with Gasteiger partial charge in [-0.2, -0.15) is 0 Å². The number of aliphatic hydroxyl groups is 1. The van der Waals surface area contributed by atoms with E-state index >= 15 is 0 Å². The molecule has 0 atom stereocenters. The van der Waals surface area contributed by atoms with E-state index in [1.807, 2.05) is 16.7 Å². The van der Waals surface area contributed by atoms with E-state index < -0.39 is 0 Å². The van der Waals surface area contributed by atoms with Crippen molar-refractivity contribution in [1.29, 1.82) is 0 Å². The zero-order chi connectivity index (χ0) is 18.2. The lowest BCUT2D eigenvalue weighted by atomic mass is 10.1. The fourth-order valence-electron chi connectivity index (χ4n) is 2.54. The van der Waals surface area contributed by atoms with Crippen LogP contribution in [0.25, 0.3) is 11.3 Å². The summed E-state index contributed by atoms with van der Waals surface area (Å²) >= 11 is 5.34. The predicted octanol–water partition coefficient (Wildman–Crippen LogP) is 1.56. The highest BCUT2D eigenvalue weighted by atomic mass is 32.1. The third kappa shape index (κ3) is 4.91. The van der Waals surface area contributed by atoms with Gasteiger partial charge in [-0.1, -0.05) is 0 Å². The summed E-state index contributed by atoms with van der Waals surface area (Å²) in [5.74, 6) is 1.27. The molecule has 2 rings (SSSR count). The number of hydrogen-bond acceptors (Lipinski definition) is 6. The van der Waals surface area contributed by atoms with Gasteiger partial charge in [0, 0.05) is 30.8 Å². The standard InChI is InChI=1S/C17H23N3O4S/c1-23-12-4-5-13(15(10-12)24-2)14-11-16(22)19-17(25)20(14)8-3-6-18-7-9-21/h4-5,10-11,18,21H,3,6-9H2,1-2H3,(H,19,22,25). The van der Waals surface area contributed by atoms with Crippen molar-refractivity contribution in [1.82, 2.24) is 14.9 Å². The molecule has 0 aliphatic heterocycles. The fraction of sp³-hybridized carbons (Fsp3) is 0.412. The van der Waals surface area contributed by atoms with Crippen LogP contribution < -0.4 is 20.3 Å². The monoisotopic (exact) mass is 365 g/mol. The highest BCUT2D eigenvalue weighted by Crippen LogP contribution is 2.32. The molecule has 1 aromatic heterocycles. The van der Waals surface area contributed by atoms with Crippen molar-refractivity contribution in [3.05, 3.63) is 39.4 Å². The maximum atomic E-state index is 11.9. The van der Waals surface area contributed by atoms with Crippen LogP contribution in [0.4, 0.5) is 0 Å². The minimum absolute atomic E-state index is 0.104. The van der Waals surface area contributed by atoms with Crippen LogP contribution in [0.5, 0.6) is 11.5 Å². The number of aliphatic hydroxyl groups excluding tert-OH is 1. The summed E-state index contributed by atoms with van der Waals surface area (Å²) in [7, 11) is 3.16. The second-order valence-electron chi connectivity index (χ2n) is 5.37. The zero-order valence-electron chi connectivity index (χ0n) is 14.4. The number of aromatic amines is 1. The molecule has 1 heterocycles. The Morgan fingerprint density at radius 2 is 2.04 bits per heavy atom. The summed E-state index contributed by atoms with van der Waals surface area (Å²) in [6.45, 7) is 2.02. The predicted molar refractivity (Wildman–Crippen MR) is 99.0 cm³/mol. The smallest absolute Gasteiger partial charge is 0.252 e. The molecule has 0 aliphatic carbocycles. The molecule has 8 heteroatoms. The van der Waals surface area contributed by atoms with Crippen LogP contribution in [0, 0.1) is 4.77 Å². The second kappa shape index (κ2) is 9.36. The van der Waals surface area contributed by atoms with Gasteiger partial charge in [0.15, 0.2) is 4.77 Å². The van der Waals surface area contributed by atoms with E-state index in [1.165, 1.54) is 6.07 Å². The largest absolute Gasteiger partial charge is 0.497 e. The minimum atomic E-state index is -0.257. The molecule has 136 valence electrons. The molecule has 0 saturated heterocycles. The van der Waals surface area contributed by atoms with Gasteiger partial charge in [-0.3, -0.25) is 9.78 Å². The van der Waals surface area contributed by atoms with Crippen molar-refractivity contribution >= 4 is 12.2 Å². The summed E-state index contributed by atoms with van der Waals surface area (Å²) in [5.41, 5.74) is 1.20. The SMILES string of the molecule is COc1ccc(-c2cc(=O)[nH]c(=S)n2CCCNCCO)c(OC)c1. The summed E-state index contributed by atoms with van der Waals surface area (Å²) in [6.07, 6.45) is 0.797. The molecule has 1 aromatic carbocycles. The van der Waals surface area contributed by atoms with E-state index in [9.17, 15) is 4.79 Å². The van der Waals surface area contributed by atoms with Crippen molar-refractivity contribution in [3.8, 4) is 22.8 Å². The van der Waals surface area contributed by atoms with Crippen molar-refractivity contribution in [3.63, 3.8) is 0 Å². The van der Waals surface area contributed by atoms with E-state index in [-0.39, 0.29) is 12.2 Å². The Morgan fingerprint density at radius 1 is 1.24 bits per heavy atom. The third-order valence-corrected chi connectivity index (χ3v) is 4.06. The summed E-state index contributed by atoms with van der Waals surface area (Å²) < 4.78 is 12.9. The van der Waals surface area contributed by atoms with E-state index in [0.717, 1.165) is 18.5 Å². The lowest BCUT2D eigenvalue weighted by Crippen LogP contribution is -2.22. The van der Waals surface area contributed by atoms with Gasteiger partial charge in [0.05, 0.1) is 26.5 Å². The van der Waals surface area contributed by atoms with E-state index in [4.69, 9.17) is 26.8 Å². The van der Waals surface area contributed by atoms with Crippen molar-refractivity contribution in [2.45, 2.75) is 13.0 Å². The van der Waals surface area contributed by atoms with E-state index in [0.29, 0.717) is 35.1 Å². The second-order valence-corrected chi connectivity index (χ2v) is 5.76. The van der Waals surface area contributed by atoms with Gasteiger partial charge >= 0.3 is 0 Å². The number of nitrogens with zero attached hydrogens (tertiary/aromatic N) is 1. The highest BCUT2D eigenvalue weighted by Gasteiger charge is 2.13. The number of benzene rings is 1. The number of ether oxygens (including phenoxy) is 2. The Labute approximate surface area is 151 Å². The summed E-state index contributed by atoms with van der Waals surface area (Å²) in [6, 6.07) is 6.95. The van der Waals surface area contributed by atoms with Crippen LogP contribution in [0.3, 0.4) is 0 Å². The average molecular weight is 365 g/mol. The molecule has 25 heavy (non-hydrogen) atoms. The molecular weight excluding hydrogens is 342 g/mol. The minimum Gasteiger partial charge on any atom is -0.497 e. The Hall–Kier alpha value is -2.16. The molecule has 7 nitrogen and oxygen atoms in total. The summed E-state index contributed by atoms with van der Waals surface area (Å²) in [5, 5.41) is 11.9. The van der Waals surface area contributed by atoms with Gasteiger partial charge < -0.3 is 24.5 Å². The van der Waals surface area contributed by atoms with Gasteiger partial charge in [-0.15, -0.1) is 0 Å². The van der Waals surface area contributed by atoms with Crippen molar-refractivity contribution in [2.75, 3.05) is 33.9 Å². The maximum Gasteiger partial charge on any atom is 0.252 e. The van der Waals surface area contributed by atoms with Crippen molar-refractivity contribution < 1.29 is 14.6 Å². The lowest BCUT2D eigenvalue weighted by Gasteiger charge is -2.16. The highest BCUT2D eigenvalue weighted by molar-refractivity contribution is 7.71. The molecule has 0 radical (unpaired) electrons. The van der Waals surface area contributed by atoms with E-state index in [1.54, 1.807) is 20.3 Å². The average Bonchev–Trinajstić information content (AvgIpc) is 2.62. The lowest BCUT2D eigenvalue weighted by molar-refractivity contribution is 0.291. The summed E-state index contributed by atoms with van der Waals surface area (Å²) in [4.78, 5) is 14.6. The molecule has 0 spiro atoms. The van der Waals surface area contributed by atoms with Crippen LogP contribution in [-0.2, 0) is 6.54 Å². The van der Waals surface area contributed by atoms with Gasteiger partial charge in [0.2, 0.25) is 0 Å². The molecule has 0 unspecified atom stereocenters. The number of rotatable bonds is 9. The number of nitrogens with one attached hydrogen (secondary N) is 2. The number of methoxy groups -OCH3 is 2. The number of hydrogen-bond donors (Lipinski definition) is 3. The Balaban J connectivity index is 2.40. The van der Waals surface area contributed by atoms with Crippen molar-refractivity contribution in [2.24, 2.45) is 0 Å². The van der Waals surface area contributed by atoms with Crippen LogP contribution in [0.1, 0.15) is 6.42 Å². The normalized spacial score (nSPS) is 10.7. The van der Waals surface area contributed by atoms with Gasteiger partial charge in [0.1, 0.15) is 11.5 Å². The molecular formula is C17H23N3O4S. The zero-order valence-corrected chi connectivity index (χ0v) is 15.2. The molecule has 0 aliphatic rings. The van der Waals surface area contributed by atoms with Crippen LogP contribution in [0.2, 0.25) is 0 Å².